The zero-order valence-electron chi connectivity index (χ0n) is 25.7. The number of ether oxygens (including phenoxy) is 1. The van der Waals surface area contributed by atoms with Gasteiger partial charge in [-0.25, -0.2) is 4.79 Å². The largest absolute Gasteiger partial charge is 0.439 e. The van der Waals surface area contributed by atoms with Crippen molar-refractivity contribution >= 4 is 23.5 Å². The van der Waals surface area contributed by atoms with Crippen LogP contribution >= 0.6 is 11.6 Å². The number of ketones is 1. The van der Waals surface area contributed by atoms with E-state index >= 15 is 0 Å². The van der Waals surface area contributed by atoms with E-state index in [2.05, 4.69) is 48.3 Å². The summed E-state index contributed by atoms with van der Waals surface area (Å²) in [6.45, 7) is 8.53. The molecule has 2 aliphatic heterocycles. The van der Waals surface area contributed by atoms with Gasteiger partial charge >= 0.3 is 6.09 Å². The number of amides is 1. The molecule has 3 atom stereocenters. The Balaban J connectivity index is 1.37. The Morgan fingerprint density at radius 3 is 2.45 bits per heavy atom. The number of likely N-dealkylation sites (tertiary alicyclic amines) is 1. The number of likely N-dealkylation sites (N-methyl/N-ethyl adjacent to an activating group) is 1. The average Bonchev–Trinajstić information content (AvgIpc) is 3.13. The number of nitrogens with one attached hydrogen (secondary N) is 1. The van der Waals surface area contributed by atoms with Gasteiger partial charge in [0.15, 0.2) is 5.78 Å². The van der Waals surface area contributed by atoms with Crippen LogP contribution in [0.4, 0.5) is 4.79 Å². The van der Waals surface area contributed by atoms with E-state index in [0.29, 0.717) is 17.4 Å². The van der Waals surface area contributed by atoms with E-state index in [-0.39, 0.29) is 24.0 Å². The highest BCUT2D eigenvalue weighted by Crippen LogP contribution is 2.41. The molecule has 0 bridgehead atoms. The first-order chi connectivity index (χ1) is 20.3. The lowest BCUT2D eigenvalue weighted by atomic mass is 9.75. The molecule has 2 aromatic rings. The molecule has 0 radical (unpaired) electrons. The van der Waals surface area contributed by atoms with Crippen molar-refractivity contribution in [3.63, 3.8) is 0 Å². The van der Waals surface area contributed by atoms with Gasteiger partial charge in [-0.2, -0.15) is 0 Å². The summed E-state index contributed by atoms with van der Waals surface area (Å²) in [5.41, 5.74) is 3.14. The zero-order chi connectivity index (χ0) is 29.7. The zero-order valence-corrected chi connectivity index (χ0v) is 26.4. The molecular weight excluding hydrogens is 546 g/mol. The average molecular weight is 594 g/mol. The molecule has 0 spiro atoms. The normalized spacial score (nSPS) is 25.6. The first kappa shape index (κ1) is 31.0. The predicted molar refractivity (Wildman–Crippen MR) is 170 cm³/mol. The lowest BCUT2D eigenvalue weighted by Gasteiger charge is -2.37. The Bertz CT molecular complexity index is 1240. The van der Waals surface area contributed by atoms with Gasteiger partial charge < -0.3 is 19.9 Å². The molecule has 7 heteroatoms. The maximum absolute atomic E-state index is 13.2. The fraction of sp³-hybridized carbons (Fsp3) is 0.600. The van der Waals surface area contributed by atoms with E-state index in [1.54, 1.807) is 0 Å². The first-order valence-corrected chi connectivity index (χ1v) is 16.5. The summed E-state index contributed by atoms with van der Waals surface area (Å²) in [6.07, 6.45) is 9.79. The molecular formula is C35H48ClN3O3. The van der Waals surface area contributed by atoms with Gasteiger partial charge in [0, 0.05) is 18.0 Å². The van der Waals surface area contributed by atoms with Crippen LogP contribution in [0.5, 0.6) is 0 Å². The van der Waals surface area contributed by atoms with E-state index in [1.165, 1.54) is 38.8 Å². The number of nitrogens with zero attached hydrogens (tertiary/aromatic N) is 2. The molecule has 2 unspecified atom stereocenters. The second-order valence-corrected chi connectivity index (χ2v) is 13.3. The fourth-order valence-corrected chi connectivity index (χ4v) is 7.58. The molecule has 3 aliphatic rings. The van der Waals surface area contributed by atoms with Crippen LogP contribution in [0.15, 0.2) is 42.5 Å². The van der Waals surface area contributed by atoms with E-state index < -0.39 is 5.54 Å². The van der Waals surface area contributed by atoms with Crippen molar-refractivity contribution in [2.24, 2.45) is 5.92 Å². The number of carbonyl (C=O) groups is 2. The highest BCUT2D eigenvalue weighted by atomic mass is 35.5. The number of halogens is 1. The highest BCUT2D eigenvalue weighted by Gasteiger charge is 2.43. The number of rotatable bonds is 10. The Hall–Kier alpha value is -2.41. The summed E-state index contributed by atoms with van der Waals surface area (Å²) in [7, 11) is 1.86. The minimum absolute atomic E-state index is 0.00471. The van der Waals surface area contributed by atoms with Gasteiger partial charge in [-0.05, 0) is 112 Å². The molecule has 42 heavy (non-hydrogen) atoms. The van der Waals surface area contributed by atoms with E-state index in [1.807, 2.05) is 30.1 Å². The predicted octanol–water partition coefficient (Wildman–Crippen LogP) is 7.74. The van der Waals surface area contributed by atoms with Crippen molar-refractivity contribution < 1.29 is 14.3 Å². The molecule has 6 nitrogen and oxygen atoms in total. The van der Waals surface area contributed by atoms with Crippen molar-refractivity contribution in [1.82, 2.24) is 15.1 Å². The molecule has 3 fully saturated rings. The third kappa shape index (κ3) is 6.71. The molecule has 1 aliphatic carbocycles. The maximum atomic E-state index is 13.2. The summed E-state index contributed by atoms with van der Waals surface area (Å²) in [6, 6.07) is 14.3. The van der Waals surface area contributed by atoms with Crippen LogP contribution in [0.2, 0.25) is 5.02 Å². The number of Topliss-reactive ketones (excluding diaryl/α,β-unsaturated/α-hetero) is 1. The van der Waals surface area contributed by atoms with Gasteiger partial charge in [0.2, 0.25) is 0 Å². The Kier molecular flexibility index (Phi) is 10.3. The minimum Gasteiger partial charge on any atom is -0.439 e. The summed E-state index contributed by atoms with van der Waals surface area (Å²) in [4.78, 5) is 30.9. The monoisotopic (exact) mass is 593 g/mol. The van der Waals surface area contributed by atoms with Crippen LogP contribution < -0.4 is 5.32 Å². The van der Waals surface area contributed by atoms with Crippen LogP contribution in [-0.4, -0.2) is 60.9 Å². The standard InChI is InChI=1S/C35H48ClN3O3/c1-25(2)22-31-33(42-34(41)39(31)21-11-20-38-18-8-4-5-9-19-38)28-13-10-12-26(23-28)27-15-16-30(36)29(24-27)35(37-3)17-7-6-14-32(35)40/h10,12-13,15-16,23-25,31,33,37H,4-9,11,14,17-22H2,1-3H3/t31?,33-,35?/m1/s1. The van der Waals surface area contributed by atoms with E-state index in [4.69, 9.17) is 16.3 Å². The van der Waals surface area contributed by atoms with Crippen molar-refractivity contribution in [2.75, 3.05) is 33.2 Å². The fourth-order valence-electron chi connectivity index (χ4n) is 7.30. The molecule has 2 aromatic carbocycles. The lowest BCUT2D eigenvalue weighted by Crippen LogP contribution is -2.49. The van der Waals surface area contributed by atoms with Gasteiger partial charge in [0.25, 0.3) is 0 Å². The molecule has 228 valence electrons. The third-order valence-electron chi connectivity index (χ3n) is 9.58. The highest BCUT2D eigenvalue weighted by molar-refractivity contribution is 6.32. The van der Waals surface area contributed by atoms with Gasteiger partial charge in [-0.15, -0.1) is 0 Å². The van der Waals surface area contributed by atoms with Crippen LogP contribution in [0.1, 0.15) is 95.3 Å². The Labute approximate surface area is 257 Å². The second kappa shape index (κ2) is 13.9. The molecule has 1 saturated carbocycles. The number of hydrogen-bond acceptors (Lipinski definition) is 5. The summed E-state index contributed by atoms with van der Waals surface area (Å²) in [5.74, 6) is 0.641. The van der Waals surface area contributed by atoms with Crippen molar-refractivity contribution in [3.8, 4) is 11.1 Å². The third-order valence-corrected chi connectivity index (χ3v) is 9.91. The van der Waals surface area contributed by atoms with Gasteiger partial charge in [-0.3, -0.25) is 4.79 Å². The van der Waals surface area contributed by atoms with E-state index in [9.17, 15) is 9.59 Å². The molecule has 5 rings (SSSR count). The summed E-state index contributed by atoms with van der Waals surface area (Å²) in [5, 5.41) is 3.94. The van der Waals surface area contributed by atoms with Crippen LogP contribution in [-0.2, 0) is 15.1 Å². The Morgan fingerprint density at radius 2 is 1.74 bits per heavy atom. The van der Waals surface area contributed by atoms with Crippen molar-refractivity contribution in [3.05, 3.63) is 58.6 Å². The number of carbonyl (C=O) groups excluding carboxylic acids is 2. The van der Waals surface area contributed by atoms with Crippen molar-refractivity contribution in [2.45, 2.75) is 95.7 Å². The van der Waals surface area contributed by atoms with E-state index in [0.717, 1.165) is 67.4 Å². The first-order valence-electron chi connectivity index (χ1n) is 16.1. The van der Waals surface area contributed by atoms with Gasteiger partial charge in [-0.1, -0.05) is 69.0 Å². The number of benzene rings is 2. The quantitative estimate of drug-likeness (QED) is 0.305. The summed E-state index contributed by atoms with van der Waals surface area (Å²) < 4.78 is 6.11. The Morgan fingerprint density at radius 1 is 0.976 bits per heavy atom. The molecule has 1 N–H and O–H groups in total. The van der Waals surface area contributed by atoms with Gasteiger partial charge in [0.1, 0.15) is 11.6 Å². The smallest absolute Gasteiger partial charge is 0.410 e. The SMILES string of the molecule is CNC1(c2cc(-c3cccc([C@H]4OC(=O)N(CCCN5CCCCCC5)C4CC(C)C)c3)ccc2Cl)CCCCC1=O. The van der Waals surface area contributed by atoms with Crippen LogP contribution in [0, 0.1) is 5.92 Å². The second-order valence-electron chi connectivity index (χ2n) is 12.9. The maximum Gasteiger partial charge on any atom is 0.410 e. The molecule has 2 heterocycles. The van der Waals surface area contributed by atoms with Crippen LogP contribution in [0.25, 0.3) is 11.1 Å². The van der Waals surface area contributed by atoms with Crippen LogP contribution in [0.3, 0.4) is 0 Å². The molecule has 0 aromatic heterocycles. The lowest BCUT2D eigenvalue weighted by molar-refractivity contribution is -0.127. The molecule has 2 saturated heterocycles. The topological polar surface area (TPSA) is 61.9 Å². The molecule has 1 amide bonds. The minimum atomic E-state index is -0.750. The summed E-state index contributed by atoms with van der Waals surface area (Å²) >= 11 is 6.73. The van der Waals surface area contributed by atoms with Crippen molar-refractivity contribution in [1.29, 1.82) is 0 Å². The number of cyclic esters (lactones) is 1. The van der Waals surface area contributed by atoms with Gasteiger partial charge in [0.05, 0.1) is 6.04 Å². The number of hydrogen-bond donors (Lipinski definition) is 1.